The van der Waals surface area contributed by atoms with Crippen molar-refractivity contribution in [3.8, 4) is 0 Å². The van der Waals surface area contributed by atoms with E-state index in [-0.39, 0.29) is 14.5 Å². The Hall–Kier alpha value is -0.755. The van der Waals surface area contributed by atoms with Crippen LogP contribution in [0.15, 0.2) is 30.3 Å². The van der Waals surface area contributed by atoms with Gasteiger partial charge in [-0.2, -0.15) is 0 Å². The van der Waals surface area contributed by atoms with Crippen molar-refractivity contribution in [1.29, 1.82) is 0 Å². The molecule has 0 aromatic heterocycles. The Kier molecular flexibility index (Phi) is 3.81. The van der Waals surface area contributed by atoms with Crippen LogP contribution in [-0.2, 0) is 0 Å². The summed E-state index contributed by atoms with van der Waals surface area (Å²) in [4.78, 5) is 0. The van der Waals surface area contributed by atoms with Crippen LogP contribution in [-0.4, -0.2) is 8.41 Å². The molecule has 0 saturated heterocycles. The van der Waals surface area contributed by atoms with Gasteiger partial charge in [-0.25, -0.2) is 0 Å². The van der Waals surface area contributed by atoms with Gasteiger partial charge in [0.25, 0.3) is 0 Å². The number of rotatable bonds is 1. The van der Waals surface area contributed by atoms with Gasteiger partial charge in [0, 0.05) is 6.04 Å². The summed E-state index contributed by atoms with van der Waals surface area (Å²) in [5, 5.41) is 0. The van der Waals surface area contributed by atoms with Gasteiger partial charge >= 0.3 is 0 Å². The van der Waals surface area contributed by atoms with Crippen LogP contribution in [0.3, 0.4) is 0 Å². The molecule has 1 aromatic rings. The number of hydrogen-bond acceptors (Lipinski definition) is 1. The van der Waals surface area contributed by atoms with Gasteiger partial charge in [0.05, 0.1) is 8.41 Å². The van der Waals surface area contributed by atoms with Crippen LogP contribution in [0.2, 0.25) is 0 Å². The molecule has 0 radical (unpaired) electrons. The predicted molar refractivity (Wildman–Crippen MR) is 49.0 cm³/mol. The van der Waals surface area contributed by atoms with Gasteiger partial charge in [-0.15, -0.1) is 0 Å². The molecule has 0 amide bonds. The smallest absolute Gasteiger partial charge is 0.0814 e. The second kappa shape index (κ2) is 4.12. The highest BCUT2D eigenvalue weighted by Gasteiger charge is 1.93. The summed E-state index contributed by atoms with van der Waals surface area (Å²) < 4.78 is 0. The third-order valence-corrected chi connectivity index (χ3v) is 1.33. The average Bonchev–Trinajstić information content (AvgIpc) is 1.90. The van der Waals surface area contributed by atoms with E-state index < -0.39 is 0 Å². The molecule has 54 valence electrons. The molecule has 1 rings (SSSR count). The topological polar surface area (TPSA) is 26.0 Å². The van der Waals surface area contributed by atoms with Gasteiger partial charge < -0.3 is 5.73 Å². The Morgan fingerprint density at radius 2 is 1.70 bits per heavy atom. The van der Waals surface area contributed by atoms with E-state index in [1.807, 2.05) is 37.3 Å². The zero-order valence-corrected chi connectivity index (χ0v) is 5.54. The Labute approximate surface area is 63.8 Å². The van der Waals surface area contributed by atoms with Crippen molar-refractivity contribution in [2.45, 2.75) is 13.0 Å². The van der Waals surface area contributed by atoms with Gasteiger partial charge in [0.15, 0.2) is 0 Å². The highest BCUT2D eigenvalue weighted by Crippen LogP contribution is 2.06. The van der Waals surface area contributed by atoms with Crippen LogP contribution < -0.4 is 5.73 Å². The highest BCUT2D eigenvalue weighted by molar-refractivity contribution is 5.75. The van der Waals surface area contributed by atoms with Crippen LogP contribution in [0, 0.1) is 0 Å². The summed E-state index contributed by atoms with van der Waals surface area (Å²) in [5.74, 6) is 0. The summed E-state index contributed by atoms with van der Waals surface area (Å²) >= 11 is 0. The standard InChI is InChI=1S/C8H11N.BH3/c1-7(9)8-5-3-2-4-6-8;/h2-7H,9H2,1H3;1H3. The van der Waals surface area contributed by atoms with Gasteiger partial charge in [-0.1, -0.05) is 30.3 Å². The molecule has 0 spiro atoms. The van der Waals surface area contributed by atoms with Crippen LogP contribution in [0.4, 0.5) is 0 Å². The molecule has 0 bridgehead atoms. The van der Waals surface area contributed by atoms with E-state index in [0.717, 1.165) is 0 Å². The van der Waals surface area contributed by atoms with Gasteiger partial charge in [0.1, 0.15) is 0 Å². The van der Waals surface area contributed by atoms with Gasteiger partial charge in [0.2, 0.25) is 0 Å². The molecule has 0 aliphatic heterocycles. The van der Waals surface area contributed by atoms with Crippen molar-refractivity contribution in [3.05, 3.63) is 35.9 Å². The van der Waals surface area contributed by atoms with Gasteiger partial charge in [-0.05, 0) is 12.5 Å². The monoisotopic (exact) mass is 135 g/mol. The van der Waals surface area contributed by atoms with E-state index in [9.17, 15) is 0 Å². The van der Waals surface area contributed by atoms with Crippen LogP contribution in [0.25, 0.3) is 0 Å². The average molecular weight is 135 g/mol. The minimum absolute atomic E-state index is 0. The van der Waals surface area contributed by atoms with Crippen LogP contribution in [0.1, 0.15) is 18.5 Å². The maximum Gasteiger partial charge on any atom is 0.0814 e. The summed E-state index contributed by atoms with van der Waals surface area (Å²) in [6, 6.07) is 10.2. The van der Waals surface area contributed by atoms with Gasteiger partial charge in [-0.3, -0.25) is 0 Å². The van der Waals surface area contributed by atoms with Crippen molar-refractivity contribution < 1.29 is 0 Å². The van der Waals surface area contributed by atoms with E-state index in [1.165, 1.54) is 5.56 Å². The summed E-state index contributed by atoms with van der Waals surface area (Å²) in [6.07, 6.45) is 0. The first-order valence-electron chi connectivity index (χ1n) is 3.11. The van der Waals surface area contributed by atoms with Crippen molar-refractivity contribution >= 4 is 8.41 Å². The maximum atomic E-state index is 5.61. The zero-order chi connectivity index (χ0) is 6.69. The molecule has 0 heterocycles. The lowest BCUT2D eigenvalue weighted by Gasteiger charge is -2.02. The summed E-state index contributed by atoms with van der Waals surface area (Å²) in [6.45, 7) is 1.98. The van der Waals surface area contributed by atoms with E-state index >= 15 is 0 Å². The van der Waals surface area contributed by atoms with E-state index in [0.29, 0.717) is 0 Å². The number of benzene rings is 1. The lowest BCUT2D eigenvalue weighted by molar-refractivity contribution is 0.818. The van der Waals surface area contributed by atoms with E-state index in [1.54, 1.807) is 0 Å². The second-order valence-electron chi connectivity index (χ2n) is 2.20. The Balaban J connectivity index is 0.000000810. The molecule has 10 heavy (non-hydrogen) atoms. The first-order valence-corrected chi connectivity index (χ1v) is 3.11. The fourth-order valence-corrected chi connectivity index (χ4v) is 0.757. The molecule has 1 nitrogen and oxygen atoms in total. The third kappa shape index (κ3) is 2.23. The van der Waals surface area contributed by atoms with Crippen molar-refractivity contribution in [3.63, 3.8) is 0 Å². The quantitative estimate of drug-likeness (QED) is 0.558. The second-order valence-corrected chi connectivity index (χ2v) is 2.20. The molecular weight excluding hydrogens is 121 g/mol. The molecule has 1 unspecified atom stereocenters. The first kappa shape index (κ1) is 9.24. The zero-order valence-electron chi connectivity index (χ0n) is 5.54. The third-order valence-electron chi connectivity index (χ3n) is 1.33. The molecule has 2 N–H and O–H groups in total. The normalized spacial score (nSPS) is 11.8. The van der Waals surface area contributed by atoms with Crippen LogP contribution >= 0.6 is 0 Å². The molecule has 1 aromatic carbocycles. The highest BCUT2D eigenvalue weighted by atomic mass is 14.6. The molecule has 2 heteroatoms. The number of nitrogens with two attached hydrogens (primary N) is 1. The lowest BCUT2D eigenvalue weighted by atomic mass is 10.1. The molecule has 0 aliphatic rings. The van der Waals surface area contributed by atoms with E-state index in [2.05, 4.69) is 0 Å². The minimum Gasteiger partial charge on any atom is -0.324 e. The Morgan fingerprint density at radius 3 is 2.00 bits per heavy atom. The summed E-state index contributed by atoms with van der Waals surface area (Å²) in [7, 11) is 0. The minimum atomic E-state index is 0. The Bertz CT molecular complexity index is 172. The fourth-order valence-electron chi connectivity index (χ4n) is 0.757. The number of hydrogen-bond donors (Lipinski definition) is 1. The summed E-state index contributed by atoms with van der Waals surface area (Å²) in [5.41, 5.74) is 6.81. The SMILES string of the molecule is B.CC(N)c1ccccc1. The molecule has 1 atom stereocenters. The van der Waals surface area contributed by atoms with Crippen LogP contribution in [0.5, 0.6) is 0 Å². The molecule has 0 fully saturated rings. The molecular formula is C8H14BN. The predicted octanol–water partition coefficient (Wildman–Crippen LogP) is 0.522. The van der Waals surface area contributed by atoms with E-state index in [4.69, 9.17) is 5.73 Å². The molecule has 0 saturated carbocycles. The van der Waals surface area contributed by atoms with Crippen molar-refractivity contribution in [2.75, 3.05) is 0 Å². The molecule has 0 aliphatic carbocycles. The lowest BCUT2D eigenvalue weighted by Crippen LogP contribution is -2.03. The largest absolute Gasteiger partial charge is 0.324 e. The first-order chi connectivity index (χ1) is 4.30. The van der Waals surface area contributed by atoms with Crippen molar-refractivity contribution in [2.24, 2.45) is 5.73 Å². The Morgan fingerprint density at radius 1 is 1.20 bits per heavy atom. The maximum absolute atomic E-state index is 5.61. The van der Waals surface area contributed by atoms with Crippen molar-refractivity contribution in [1.82, 2.24) is 0 Å². The fraction of sp³-hybridized carbons (Fsp3) is 0.250.